The Kier molecular flexibility index (Phi) is 5.96. The molecule has 0 amide bonds. The van der Waals surface area contributed by atoms with Gasteiger partial charge in [-0.3, -0.25) is 0 Å². The van der Waals surface area contributed by atoms with Crippen molar-refractivity contribution in [2.75, 3.05) is 6.54 Å². The third-order valence-electron chi connectivity index (χ3n) is 3.62. The minimum absolute atomic E-state index is 0.0707. The summed E-state index contributed by atoms with van der Waals surface area (Å²) in [4.78, 5) is 0.386. The van der Waals surface area contributed by atoms with E-state index in [0.29, 0.717) is 18.0 Å². The fourth-order valence-corrected chi connectivity index (χ4v) is 4.51. The lowest BCUT2D eigenvalue weighted by atomic mass is 10.1. The molecule has 0 saturated heterocycles. The summed E-state index contributed by atoms with van der Waals surface area (Å²) >= 11 is 0. The van der Waals surface area contributed by atoms with E-state index in [1.807, 2.05) is 47.6 Å². The molecule has 0 heterocycles. The largest absolute Gasteiger partial charge is 0.326 e. The molecule has 0 unspecified atom stereocenters. The molecule has 0 aliphatic heterocycles. The van der Waals surface area contributed by atoms with Gasteiger partial charge in [-0.15, -0.1) is 0 Å². The second-order valence-corrected chi connectivity index (χ2v) is 8.16. The van der Waals surface area contributed by atoms with Crippen molar-refractivity contribution in [1.82, 2.24) is 4.31 Å². The SMILES string of the molecule is Cc1cc(CN)cc(S(=O)(=O)N(CC(C)C)C(C)C)c1C. The van der Waals surface area contributed by atoms with Gasteiger partial charge in [0.05, 0.1) is 4.90 Å². The molecule has 1 aromatic carbocycles. The number of hydrogen-bond donors (Lipinski definition) is 1. The predicted octanol–water partition coefficient (Wildman–Crippen LogP) is 2.82. The lowest BCUT2D eigenvalue weighted by molar-refractivity contribution is 0.318. The Morgan fingerprint density at radius 1 is 1.14 bits per heavy atom. The van der Waals surface area contributed by atoms with Gasteiger partial charge >= 0.3 is 0 Å². The van der Waals surface area contributed by atoms with E-state index in [4.69, 9.17) is 5.73 Å². The molecule has 2 N–H and O–H groups in total. The highest BCUT2D eigenvalue weighted by Gasteiger charge is 2.29. The molecular weight excluding hydrogens is 284 g/mol. The van der Waals surface area contributed by atoms with Crippen molar-refractivity contribution in [1.29, 1.82) is 0 Å². The van der Waals surface area contributed by atoms with E-state index in [2.05, 4.69) is 0 Å². The molecule has 0 aromatic heterocycles. The summed E-state index contributed by atoms with van der Waals surface area (Å²) in [5.41, 5.74) is 8.31. The van der Waals surface area contributed by atoms with E-state index >= 15 is 0 Å². The first kappa shape index (κ1) is 18.1. The Balaban J connectivity index is 3.44. The maximum Gasteiger partial charge on any atom is 0.243 e. The number of aryl methyl sites for hydroxylation is 1. The predicted molar refractivity (Wildman–Crippen MR) is 87.7 cm³/mol. The lowest BCUT2D eigenvalue weighted by Gasteiger charge is -2.28. The molecule has 1 aromatic rings. The fraction of sp³-hybridized carbons (Fsp3) is 0.625. The monoisotopic (exact) mass is 312 g/mol. The van der Waals surface area contributed by atoms with Crippen molar-refractivity contribution in [2.24, 2.45) is 11.7 Å². The molecule has 0 saturated carbocycles. The van der Waals surface area contributed by atoms with Crippen LogP contribution in [-0.4, -0.2) is 25.3 Å². The van der Waals surface area contributed by atoms with Crippen LogP contribution in [0.3, 0.4) is 0 Å². The second-order valence-electron chi connectivity index (χ2n) is 6.30. The van der Waals surface area contributed by atoms with Crippen LogP contribution in [0.25, 0.3) is 0 Å². The van der Waals surface area contributed by atoms with Gasteiger partial charge in [0.2, 0.25) is 10.0 Å². The molecular formula is C16H28N2O2S. The molecule has 120 valence electrons. The maximum atomic E-state index is 13.0. The van der Waals surface area contributed by atoms with E-state index < -0.39 is 10.0 Å². The van der Waals surface area contributed by atoms with Crippen LogP contribution in [-0.2, 0) is 16.6 Å². The van der Waals surface area contributed by atoms with Gasteiger partial charge in [-0.25, -0.2) is 8.42 Å². The molecule has 21 heavy (non-hydrogen) atoms. The fourth-order valence-electron chi connectivity index (χ4n) is 2.36. The highest BCUT2D eigenvalue weighted by atomic mass is 32.2. The summed E-state index contributed by atoms with van der Waals surface area (Å²) in [7, 11) is -3.50. The number of nitrogens with zero attached hydrogens (tertiary/aromatic N) is 1. The van der Waals surface area contributed by atoms with Gasteiger partial charge in [0.25, 0.3) is 0 Å². The first-order valence-electron chi connectivity index (χ1n) is 7.43. The maximum absolute atomic E-state index is 13.0. The van der Waals surface area contributed by atoms with Crippen molar-refractivity contribution in [3.63, 3.8) is 0 Å². The van der Waals surface area contributed by atoms with Gasteiger partial charge in [0.1, 0.15) is 0 Å². The van der Waals surface area contributed by atoms with Crippen molar-refractivity contribution in [3.8, 4) is 0 Å². The van der Waals surface area contributed by atoms with E-state index in [-0.39, 0.29) is 12.0 Å². The van der Waals surface area contributed by atoms with Gasteiger partial charge in [0.15, 0.2) is 0 Å². The van der Waals surface area contributed by atoms with E-state index in [1.165, 1.54) is 0 Å². The van der Waals surface area contributed by atoms with Crippen LogP contribution in [0.15, 0.2) is 17.0 Å². The Bertz CT molecular complexity index is 593. The summed E-state index contributed by atoms with van der Waals surface area (Å²) in [6.07, 6.45) is 0. The molecule has 0 radical (unpaired) electrons. The van der Waals surface area contributed by atoms with Crippen LogP contribution < -0.4 is 5.73 Å². The third-order valence-corrected chi connectivity index (χ3v) is 5.79. The molecule has 0 spiro atoms. The number of nitrogens with two attached hydrogens (primary N) is 1. The van der Waals surface area contributed by atoms with Crippen LogP contribution in [0, 0.1) is 19.8 Å². The van der Waals surface area contributed by atoms with E-state index in [0.717, 1.165) is 16.7 Å². The summed E-state index contributed by atoms with van der Waals surface area (Å²) in [6.45, 7) is 12.5. The zero-order valence-electron chi connectivity index (χ0n) is 14.0. The van der Waals surface area contributed by atoms with Gasteiger partial charge in [-0.05, 0) is 56.4 Å². The van der Waals surface area contributed by atoms with E-state index in [1.54, 1.807) is 10.4 Å². The molecule has 0 aliphatic carbocycles. The van der Waals surface area contributed by atoms with Gasteiger partial charge in [-0.2, -0.15) is 4.31 Å². The summed E-state index contributed by atoms with van der Waals surface area (Å²) < 4.78 is 27.7. The number of rotatable bonds is 6. The van der Waals surface area contributed by atoms with E-state index in [9.17, 15) is 8.42 Å². The highest BCUT2D eigenvalue weighted by Crippen LogP contribution is 2.26. The van der Waals surface area contributed by atoms with Crippen molar-refractivity contribution >= 4 is 10.0 Å². The van der Waals surface area contributed by atoms with Crippen molar-refractivity contribution < 1.29 is 8.42 Å². The summed E-state index contributed by atoms with van der Waals surface area (Å²) in [5.74, 6) is 0.279. The van der Waals surface area contributed by atoms with Crippen molar-refractivity contribution in [3.05, 3.63) is 28.8 Å². The van der Waals surface area contributed by atoms with Crippen LogP contribution in [0.4, 0.5) is 0 Å². The minimum atomic E-state index is -3.50. The third kappa shape index (κ3) is 4.05. The first-order valence-corrected chi connectivity index (χ1v) is 8.87. The van der Waals surface area contributed by atoms with Gasteiger partial charge in [0, 0.05) is 19.1 Å². The zero-order chi connectivity index (χ0) is 16.4. The second kappa shape index (κ2) is 6.90. The quantitative estimate of drug-likeness (QED) is 0.878. The van der Waals surface area contributed by atoms with Crippen LogP contribution in [0.5, 0.6) is 0 Å². The Morgan fingerprint density at radius 2 is 1.71 bits per heavy atom. The average molecular weight is 312 g/mol. The smallest absolute Gasteiger partial charge is 0.243 e. The van der Waals surface area contributed by atoms with Crippen LogP contribution in [0.2, 0.25) is 0 Å². The van der Waals surface area contributed by atoms with Crippen molar-refractivity contribution in [2.45, 2.75) is 59.0 Å². The molecule has 0 aliphatic rings. The lowest BCUT2D eigenvalue weighted by Crippen LogP contribution is -2.39. The van der Waals surface area contributed by atoms with Crippen LogP contribution >= 0.6 is 0 Å². The number of benzene rings is 1. The molecule has 5 heteroatoms. The zero-order valence-corrected chi connectivity index (χ0v) is 14.8. The summed E-state index contributed by atoms with van der Waals surface area (Å²) in [5, 5.41) is 0. The Morgan fingerprint density at radius 3 is 2.14 bits per heavy atom. The molecule has 0 bridgehead atoms. The van der Waals surface area contributed by atoms with Crippen LogP contribution in [0.1, 0.15) is 44.4 Å². The van der Waals surface area contributed by atoms with Gasteiger partial charge < -0.3 is 5.73 Å². The minimum Gasteiger partial charge on any atom is -0.326 e. The molecule has 4 nitrogen and oxygen atoms in total. The first-order chi connectivity index (χ1) is 9.61. The topological polar surface area (TPSA) is 63.4 Å². The Labute approximate surface area is 129 Å². The summed E-state index contributed by atoms with van der Waals surface area (Å²) in [6, 6.07) is 3.60. The standard InChI is InChI=1S/C16H28N2O2S/c1-11(2)10-18(12(3)4)21(19,20)16-8-15(9-17)7-13(5)14(16)6/h7-8,11-12H,9-10,17H2,1-6H3. The molecule has 0 fully saturated rings. The number of sulfonamides is 1. The number of hydrogen-bond acceptors (Lipinski definition) is 3. The molecule has 1 rings (SSSR count). The normalized spacial score (nSPS) is 12.7. The average Bonchev–Trinajstić information content (AvgIpc) is 2.38. The molecule has 0 atom stereocenters. The van der Waals surface area contributed by atoms with Gasteiger partial charge in [-0.1, -0.05) is 19.9 Å². The Hall–Kier alpha value is -0.910. The highest BCUT2D eigenvalue weighted by molar-refractivity contribution is 7.89.